The second kappa shape index (κ2) is 8.71. The maximum atomic E-state index is 14.9. The molecule has 0 aliphatic heterocycles. The van der Waals surface area contributed by atoms with E-state index in [0.29, 0.717) is 17.0 Å². The number of hydrogen-bond acceptors (Lipinski definition) is 6. The van der Waals surface area contributed by atoms with Crippen LogP contribution in [0.3, 0.4) is 0 Å². The van der Waals surface area contributed by atoms with Gasteiger partial charge in [-0.1, -0.05) is 18.2 Å². The molecule has 0 aliphatic rings. The molecule has 2 aromatic heterocycles. The molecule has 0 radical (unpaired) electrons. The molecule has 0 fully saturated rings. The van der Waals surface area contributed by atoms with E-state index in [0.717, 1.165) is 17.7 Å². The maximum absolute atomic E-state index is 14.9. The average Bonchev–Trinajstić information content (AvgIpc) is 3.46. The molecule has 2 aromatic carbocycles. The van der Waals surface area contributed by atoms with Gasteiger partial charge in [0.1, 0.15) is 29.9 Å². The quantitative estimate of drug-likeness (QED) is 0.475. The van der Waals surface area contributed by atoms with Crippen molar-refractivity contribution >= 4 is 11.3 Å². The number of rotatable bonds is 7. The van der Waals surface area contributed by atoms with Gasteiger partial charge < -0.3 is 5.11 Å². The highest BCUT2D eigenvalue weighted by molar-refractivity contribution is 7.09. The first kappa shape index (κ1) is 20.8. The topological polar surface area (TPSA) is 87.6 Å². The monoisotopic (exact) mass is 437 g/mol. The van der Waals surface area contributed by atoms with E-state index in [9.17, 15) is 13.9 Å². The third-order valence-electron chi connectivity index (χ3n) is 5.12. The molecule has 4 aromatic rings. The van der Waals surface area contributed by atoms with Crippen LogP contribution in [0.25, 0.3) is 0 Å². The smallest absolute Gasteiger partial charge is 0.137 e. The highest BCUT2D eigenvalue weighted by atomic mass is 32.1. The van der Waals surface area contributed by atoms with Crippen LogP contribution < -0.4 is 0 Å². The molecule has 2 heterocycles. The first-order chi connectivity index (χ1) is 15.0. The van der Waals surface area contributed by atoms with Gasteiger partial charge in [-0.05, 0) is 30.2 Å². The minimum atomic E-state index is -1.81. The Morgan fingerprint density at radius 2 is 2.00 bits per heavy atom. The predicted octanol–water partition coefficient (Wildman–Crippen LogP) is 3.80. The molecule has 0 bridgehead atoms. The number of aromatic nitrogens is 4. The molecule has 1 N–H and O–H groups in total. The van der Waals surface area contributed by atoms with Crippen LogP contribution in [-0.2, 0) is 18.6 Å². The zero-order valence-electron chi connectivity index (χ0n) is 16.2. The first-order valence-electron chi connectivity index (χ1n) is 9.38. The van der Waals surface area contributed by atoms with Crippen molar-refractivity contribution in [2.75, 3.05) is 0 Å². The van der Waals surface area contributed by atoms with Crippen LogP contribution in [0, 0.1) is 23.0 Å². The SMILES string of the molecule is N#Cc1ccc(C[C@@H](c2nccs2)[C@](O)(Cn2cncn2)c2ccc(F)cc2F)cc1. The summed E-state index contributed by atoms with van der Waals surface area (Å²) in [6, 6.07) is 12.1. The Bertz CT molecular complexity index is 1190. The summed E-state index contributed by atoms with van der Waals surface area (Å²) in [5, 5.41) is 27.5. The molecule has 0 aliphatic carbocycles. The number of nitrogens with zero attached hydrogens (tertiary/aromatic N) is 5. The van der Waals surface area contributed by atoms with E-state index >= 15 is 0 Å². The molecule has 0 unspecified atom stereocenters. The molecule has 0 amide bonds. The third kappa shape index (κ3) is 4.35. The van der Waals surface area contributed by atoms with Crippen LogP contribution in [-0.4, -0.2) is 24.9 Å². The van der Waals surface area contributed by atoms with Crippen LogP contribution in [0.5, 0.6) is 0 Å². The van der Waals surface area contributed by atoms with Crippen LogP contribution >= 0.6 is 11.3 Å². The minimum Gasteiger partial charge on any atom is -0.382 e. The largest absolute Gasteiger partial charge is 0.382 e. The van der Waals surface area contributed by atoms with E-state index < -0.39 is 23.2 Å². The van der Waals surface area contributed by atoms with Crippen molar-refractivity contribution in [1.29, 1.82) is 5.26 Å². The number of nitriles is 1. The normalized spacial score (nSPS) is 14.0. The summed E-state index contributed by atoms with van der Waals surface area (Å²) >= 11 is 1.34. The van der Waals surface area contributed by atoms with Crippen LogP contribution in [0.4, 0.5) is 8.78 Å². The van der Waals surface area contributed by atoms with Gasteiger partial charge in [-0.2, -0.15) is 10.4 Å². The van der Waals surface area contributed by atoms with Gasteiger partial charge in [0.25, 0.3) is 0 Å². The first-order valence-corrected chi connectivity index (χ1v) is 10.3. The van der Waals surface area contributed by atoms with Crippen molar-refractivity contribution in [2.24, 2.45) is 0 Å². The average molecular weight is 437 g/mol. The molecule has 9 heteroatoms. The van der Waals surface area contributed by atoms with E-state index in [1.54, 1.807) is 35.8 Å². The Balaban J connectivity index is 1.83. The Labute approximate surface area is 181 Å². The fraction of sp³-hybridized carbons (Fsp3) is 0.182. The number of thiazole rings is 1. The number of halogens is 2. The fourth-order valence-electron chi connectivity index (χ4n) is 3.60. The predicted molar refractivity (Wildman–Crippen MR) is 110 cm³/mol. The summed E-state index contributed by atoms with van der Waals surface area (Å²) < 4.78 is 29.9. The fourth-order valence-corrected chi connectivity index (χ4v) is 4.43. The van der Waals surface area contributed by atoms with E-state index in [1.807, 2.05) is 0 Å². The lowest BCUT2D eigenvalue weighted by Crippen LogP contribution is -2.40. The maximum Gasteiger partial charge on any atom is 0.137 e. The molecule has 0 saturated carbocycles. The van der Waals surface area contributed by atoms with Gasteiger partial charge in [-0.25, -0.2) is 23.4 Å². The van der Waals surface area contributed by atoms with E-state index in [1.165, 1.54) is 34.7 Å². The van der Waals surface area contributed by atoms with Gasteiger partial charge >= 0.3 is 0 Å². The summed E-state index contributed by atoms with van der Waals surface area (Å²) in [6.45, 7) is -0.115. The van der Waals surface area contributed by atoms with Gasteiger partial charge in [-0.15, -0.1) is 11.3 Å². The molecule has 2 atom stereocenters. The van der Waals surface area contributed by atoms with Crippen LogP contribution in [0.2, 0.25) is 0 Å². The Kier molecular flexibility index (Phi) is 5.84. The lowest BCUT2D eigenvalue weighted by atomic mass is 9.77. The standard InChI is InChI=1S/C22H17F2N5OS/c23-17-5-6-18(20(24)10-17)22(30,12-29-14-26-13-28-29)19(21-27-7-8-31-21)9-15-1-3-16(11-25)4-2-15/h1-8,10,13-14,19,30H,9,12H2/t19-,22-/m0/s1. The molecular formula is C22H17F2N5OS. The number of hydrogen-bond donors (Lipinski definition) is 1. The van der Waals surface area contributed by atoms with Gasteiger partial charge in [-0.3, -0.25) is 0 Å². The highest BCUT2D eigenvalue weighted by Crippen LogP contribution is 2.42. The summed E-state index contributed by atoms with van der Waals surface area (Å²) in [6.07, 6.45) is 4.66. The van der Waals surface area contributed by atoms with Crippen molar-refractivity contribution in [2.45, 2.75) is 24.5 Å². The summed E-state index contributed by atoms with van der Waals surface area (Å²) in [5.41, 5.74) is -0.522. The lowest BCUT2D eigenvalue weighted by Gasteiger charge is -2.36. The Morgan fingerprint density at radius 3 is 2.61 bits per heavy atom. The van der Waals surface area contributed by atoms with Crippen molar-refractivity contribution in [3.8, 4) is 6.07 Å². The molecule has 0 saturated heterocycles. The zero-order valence-corrected chi connectivity index (χ0v) is 17.0. The van der Waals surface area contributed by atoms with Crippen molar-refractivity contribution in [3.63, 3.8) is 0 Å². The second-order valence-corrected chi connectivity index (χ2v) is 8.00. The van der Waals surface area contributed by atoms with Crippen molar-refractivity contribution in [3.05, 3.63) is 100 Å². The number of aliphatic hydroxyl groups is 1. The van der Waals surface area contributed by atoms with Gasteiger partial charge in [0.05, 0.1) is 23.2 Å². The van der Waals surface area contributed by atoms with Gasteiger partial charge in [0, 0.05) is 29.1 Å². The minimum absolute atomic E-state index is 0.0572. The summed E-state index contributed by atoms with van der Waals surface area (Å²) in [7, 11) is 0. The van der Waals surface area contributed by atoms with Gasteiger partial charge in [0.15, 0.2) is 0 Å². The molecule has 6 nitrogen and oxygen atoms in total. The third-order valence-corrected chi connectivity index (χ3v) is 6.01. The molecule has 31 heavy (non-hydrogen) atoms. The van der Waals surface area contributed by atoms with E-state index in [4.69, 9.17) is 5.26 Å². The molecular weight excluding hydrogens is 420 g/mol. The Morgan fingerprint density at radius 1 is 1.19 bits per heavy atom. The highest BCUT2D eigenvalue weighted by Gasteiger charge is 2.43. The van der Waals surface area contributed by atoms with E-state index in [-0.39, 0.29) is 12.1 Å². The zero-order chi connectivity index (χ0) is 21.8. The molecule has 0 spiro atoms. The van der Waals surface area contributed by atoms with Crippen LogP contribution in [0.15, 0.2) is 66.7 Å². The second-order valence-electron chi connectivity index (χ2n) is 7.08. The van der Waals surface area contributed by atoms with Crippen molar-refractivity contribution < 1.29 is 13.9 Å². The van der Waals surface area contributed by atoms with Crippen molar-refractivity contribution in [1.82, 2.24) is 19.7 Å². The molecule has 156 valence electrons. The lowest BCUT2D eigenvalue weighted by molar-refractivity contribution is -0.0166. The Hall–Kier alpha value is -3.48. The molecule has 4 rings (SSSR count). The summed E-state index contributed by atoms with van der Waals surface area (Å²) in [4.78, 5) is 8.28. The van der Waals surface area contributed by atoms with Crippen LogP contribution in [0.1, 0.15) is 27.6 Å². The van der Waals surface area contributed by atoms with E-state index in [2.05, 4.69) is 21.1 Å². The summed E-state index contributed by atoms with van der Waals surface area (Å²) in [5.74, 6) is -2.27. The van der Waals surface area contributed by atoms with Gasteiger partial charge in [0.2, 0.25) is 0 Å². The number of benzene rings is 2.